The van der Waals surface area contributed by atoms with Crippen molar-refractivity contribution in [1.82, 2.24) is 10.2 Å². The molecule has 0 bridgehead atoms. The number of piperazine rings is 1. The molecule has 3 nitrogen and oxygen atoms in total. The van der Waals surface area contributed by atoms with Gasteiger partial charge in [0.25, 0.3) is 0 Å². The highest BCUT2D eigenvalue weighted by atomic mass is 16.2. The molecule has 1 N–H and O–H groups in total. The summed E-state index contributed by atoms with van der Waals surface area (Å²) in [6, 6.07) is 8.79. The first-order chi connectivity index (χ1) is 9.79. The van der Waals surface area contributed by atoms with E-state index in [0.29, 0.717) is 11.8 Å². The molecule has 2 unspecified atom stereocenters. The van der Waals surface area contributed by atoms with Crippen LogP contribution < -0.4 is 5.32 Å². The lowest BCUT2D eigenvalue weighted by Gasteiger charge is -2.36. The second-order valence-corrected chi connectivity index (χ2v) is 5.99. The van der Waals surface area contributed by atoms with Crippen LogP contribution in [-0.4, -0.2) is 36.5 Å². The molecule has 3 heteroatoms. The minimum Gasteiger partial charge on any atom is -0.339 e. The van der Waals surface area contributed by atoms with Crippen LogP contribution in [0.3, 0.4) is 0 Å². The van der Waals surface area contributed by atoms with Crippen molar-refractivity contribution in [1.29, 1.82) is 0 Å². The molecule has 1 aliphatic heterocycles. The standard InChI is InChI=1S/C17H24N2O/c1-2-16-17(20)19(11-10-18-16)12-14-8-5-7-13-6-3-4-9-15(13)14/h3-4,6,9,14,16,18H,2,5,7-8,10-12H2,1H3. The van der Waals surface area contributed by atoms with E-state index in [4.69, 9.17) is 0 Å². The van der Waals surface area contributed by atoms with E-state index in [9.17, 15) is 4.79 Å². The Balaban J connectivity index is 1.74. The van der Waals surface area contributed by atoms with Gasteiger partial charge in [0.1, 0.15) is 0 Å². The Morgan fingerprint density at radius 1 is 1.35 bits per heavy atom. The lowest BCUT2D eigenvalue weighted by atomic mass is 9.82. The Labute approximate surface area is 121 Å². The van der Waals surface area contributed by atoms with Crippen LogP contribution in [0, 0.1) is 0 Å². The monoisotopic (exact) mass is 272 g/mol. The fourth-order valence-electron chi connectivity index (χ4n) is 3.60. The SMILES string of the molecule is CCC1NCCN(CC2CCCc3ccccc32)C1=O. The number of hydrogen-bond donors (Lipinski definition) is 1. The summed E-state index contributed by atoms with van der Waals surface area (Å²) in [5, 5.41) is 3.31. The molecule has 1 heterocycles. The van der Waals surface area contributed by atoms with E-state index in [-0.39, 0.29) is 6.04 Å². The third-order valence-electron chi connectivity index (χ3n) is 4.72. The van der Waals surface area contributed by atoms with Crippen molar-refractivity contribution in [2.45, 2.75) is 44.6 Å². The van der Waals surface area contributed by atoms with Gasteiger partial charge in [-0.25, -0.2) is 0 Å². The number of amides is 1. The van der Waals surface area contributed by atoms with E-state index in [1.54, 1.807) is 0 Å². The van der Waals surface area contributed by atoms with Crippen molar-refractivity contribution in [3.63, 3.8) is 0 Å². The molecule has 1 saturated heterocycles. The molecule has 0 spiro atoms. The van der Waals surface area contributed by atoms with Gasteiger partial charge in [-0.05, 0) is 36.8 Å². The lowest BCUT2D eigenvalue weighted by molar-refractivity contribution is -0.136. The molecule has 1 aliphatic carbocycles. The van der Waals surface area contributed by atoms with Gasteiger partial charge in [-0.3, -0.25) is 4.79 Å². The molecule has 0 aromatic heterocycles. The smallest absolute Gasteiger partial charge is 0.239 e. The van der Waals surface area contributed by atoms with E-state index in [1.807, 2.05) is 0 Å². The van der Waals surface area contributed by atoms with Crippen LogP contribution in [0.1, 0.15) is 43.2 Å². The Morgan fingerprint density at radius 2 is 2.20 bits per heavy atom. The van der Waals surface area contributed by atoms with Gasteiger partial charge in [-0.2, -0.15) is 0 Å². The van der Waals surface area contributed by atoms with Gasteiger partial charge in [-0.15, -0.1) is 0 Å². The molecular formula is C17H24N2O. The quantitative estimate of drug-likeness (QED) is 0.916. The van der Waals surface area contributed by atoms with Crippen LogP contribution in [0.2, 0.25) is 0 Å². The molecule has 2 atom stereocenters. The van der Waals surface area contributed by atoms with Crippen molar-refractivity contribution in [3.05, 3.63) is 35.4 Å². The molecule has 0 radical (unpaired) electrons. The first-order valence-corrected chi connectivity index (χ1v) is 7.89. The van der Waals surface area contributed by atoms with Crippen LogP contribution in [0.15, 0.2) is 24.3 Å². The van der Waals surface area contributed by atoms with Crippen LogP contribution in [0.5, 0.6) is 0 Å². The number of carbonyl (C=O) groups excluding carboxylic acids is 1. The van der Waals surface area contributed by atoms with Gasteiger partial charge in [0.15, 0.2) is 0 Å². The van der Waals surface area contributed by atoms with Crippen molar-refractivity contribution in [2.24, 2.45) is 0 Å². The number of nitrogens with one attached hydrogen (secondary N) is 1. The maximum absolute atomic E-state index is 12.4. The first kappa shape index (κ1) is 13.6. The molecule has 108 valence electrons. The van der Waals surface area contributed by atoms with Gasteiger partial charge in [0.05, 0.1) is 6.04 Å². The zero-order valence-electron chi connectivity index (χ0n) is 12.3. The number of fused-ring (bicyclic) bond motifs is 1. The average Bonchev–Trinajstić information content (AvgIpc) is 2.50. The van der Waals surface area contributed by atoms with Gasteiger partial charge in [-0.1, -0.05) is 31.2 Å². The first-order valence-electron chi connectivity index (χ1n) is 7.89. The topological polar surface area (TPSA) is 32.3 Å². The molecular weight excluding hydrogens is 248 g/mol. The Morgan fingerprint density at radius 3 is 3.05 bits per heavy atom. The predicted octanol–water partition coefficient (Wildman–Crippen LogP) is 2.32. The second kappa shape index (κ2) is 5.96. The maximum atomic E-state index is 12.4. The summed E-state index contributed by atoms with van der Waals surface area (Å²) in [7, 11) is 0. The lowest BCUT2D eigenvalue weighted by Crippen LogP contribution is -2.55. The van der Waals surface area contributed by atoms with Crippen LogP contribution in [0.4, 0.5) is 0 Å². The molecule has 0 saturated carbocycles. The van der Waals surface area contributed by atoms with E-state index in [2.05, 4.69) is 41.4 Å². The molecule has 2 aliphatic rings. The normalized spacial score (nSPS) is 26.4. The summed E-state index contributed by atoms with van der Waals surface area (Å²) in [6.45, 7) is 4.76. The summed E-state index contributed by atoms with van der Waals surface area (Å²) in [4.78, 5) is 14.5. The Hall–Kier alpha value is -1.35. The third-order valence-corrected chi connectivity index (χ3v) is 4.72. The molecule has 3 rings (SSSR count). The third kappa shape index (κ3) is 2.59. The van der Waals surface area contributed by atoms with Crippen molar-refractivity contribution in [2.75, 3.05) is 19.6 Å². The largest absolute Gasteiger partial charge is 0.339 e. The van der Waals surface area contributed by atoms with Crippen molar-refractivity contribution in [3.8, 4) is 0 Å². The Bertz CT molecular complexity index is 486. The number of hydrogen-bond acceptors (Lipinski definition) is 2. The highest BCUT2D eigenvalue weighted by Crippen LogP contribution is 2.32. The predicted molar refractivity (Wildman–Crippen MR) is 80.8 cm³/mol. The minimum absolute atomic E-state index is 0.0302. The number of nitrogens with zero attached hydrogens (tertiary/aromatic N) is 1. The number of carbonyl (C=O) groups is 1. The molecule has 1 aromatic carbocycles. The summed E-state index contributed by atoms with van der Waals surface area (Å²) in [5.41, 5.74) is 2.96. The maximum Gasteiger partial charge on any atom is 0.239 e. The van der Waals surface area contributed by atoms with E-state index in [1.165, 1.54) is 30.4 Å². The molecule has 1 amide bonds. The van der Waals surface area contributed by atoms with Crippen LogP contribution in [-0.2, 0) is 11.2 Å². The average molecular weight is 272 g/mol. The van der Waals surface area contributed by atoms with Gasteiger partial charge in [0.2, 0.25) is 5.91 Å². The van der Waals surface area contributed by atoms with Crippen LogP contribution in [0.25, 0.3) is 0 Å². The van der Waals surface area contributed by atoms with Gasteiger partial charge < -0.3 is 10.2 Å². The molecule has 20 heavy (non-hydrogen) atoms. The van der Waals surface area contributed by atoms with E-state index in [0.717, 1.165) is 26.1 Å². The summed E-state index contributed by atoms with van der Waals surface area (Å²) >= 11 is 0. The number of benzene rings is 1. The summed E-state index contributed by atoms with van der Waals surface area (Å²) < 4.78 is 0. The van der Waals surface area contributed by atoms with Gasteiger partial charge >= 0.3 is 0 Å². The highest BCUT2D eigenvalue weighted by Gasteiger charge is 2.30. The zero-order valence-corrected chi connectivity index (χ0v) is 12.3. The second-order valence-electron chi connectivity index (χ2n) is 5.99. The van der Waals surface area contributed by atoms with Crippen LogP contribution >= 0.6 is 0 Å². The zero-order chi connectivity index (χ0) is 13.9. The number of rotatable bonds is 3. The van der Waals surface area contributed by atoms with E-state index < -0.39 is 0 Å². The fraction of sp³-hybridized carbons (Fsp3) is 0.588. The molecule has 1 aromatic rings. The van der Waals surface area contributed by atoms with E-state index >= 15 is 0 Å². The minimum atomic E-state index is 0.0302. The van der Waals surface area contributed by atoms with Gasteiger partial charge in [0, 0.05) is 25.6 Å². The highest BCUT2D eigenvalue weighted by molar-refractivity contribution is 5.82. The number of aryl methyl sites for hydroxylation is 1. The fourth-order valence-corrected chi connectivity index (χ4v) is 3.60. The van der Waals surface area contributed by atoms with Crippen molar-refractivity contribution < 1.29 is 4.79 Å². The molecule has 1 fully saturated rings. The summed E-state index contributed by atoms with van der Waals surface area (Å²) in [5.74, 6) is 0.821. The summed E-state index contributed by atoms with van der Waals surface area (Å²) in [6.07, 6.45) is 4.54. The van der Waals surface area contributed by atoms with Crippen molar-refractivity contribution >= 4 is 5.91 Å². The Kier molecular flexibility index (Phi) is 4.06.